The third-order valence-corrected chi connectivity index (χ3v) is 1.98. The van der Waals surface area contributed by atoms with Gasteiger partial charge in [-0.1, -0.05) is 0 Å². The van der Waals surface area contributed by atoms with Crippen molar-refractivity contribution in [2.75, 3.05) is 32.8 Å². The molecule has 0 fully saturated rings. The van der Waals surface area contributed by atoms with Crippen LogP contribution >= 0.6 is 0 Å². The molecule has 5 nitrogen and oxygen atoms in total. The summed E-state index contributed by atoms with van der Waals surface area (Å²) >= 11 is 0. The lowest BCUT2D eigenvalue weighted by atomic mass is 10.3. The van der Waals surface area contributed by atoms with Crippen LogP contribution in [-0.4, -0.2) is 43.3 Å². The van der Waals surface area contributed by atoms with Gasteiger partial charge in [0.1, 0.15) is 5.82 Å². The Morgan fingerprint density at radius 3 is 2.93 bits per heavy atom. The second-order valence-corrected chi connectivity index (χ2v) is 3.46. The zero-order valence-electron chi connectivity index (χ0n) is 9.56. The molecular formula is C10H19N3O2. The topological polar surface area (TPSA) is 48.3 Å². The Hall–Kier alpha value is -1.07. The van der Waals surface area contributed by atoms with Gasteiger partial charge >= 0.3 is 0 Å². The molecule has 0 saturated heterocycles. The SMILES string of the molecule is COCCn1ccc(NC(C)COC)n1. The number of anilines is 1. The van der Waals surface area contributed by atoms with E-state index in [1.54, 1.807) is 14.2 Å². The van der Waals surface area contributed by atoms with Crippen LogP contribution in [0.5, 0.6) is 0 Å². The van der Waals surface area contributed by atoms with Crippen molar-refractivity contribution in [2.24, 2.45) is 0 Å². The van der Waals surface area contributed by atoms with Crippen LogP contribution in [0.15, 0.2) is 12.3 Å². The molecule has 1 N–H and O–H groups in total. The molecule has 0 saturated carbocycles. The molecule has 0 amide bonds. The van der Waals surface area contributed by atoms with E-state index in [1.165, 1.54) is 0 Å². The number of rotatable bonds is 7. The highest BCUT2D eigenvalue weighted by atomic mass is 16.5. The second kappa shape index (κ2) is 6.42. The van der Waals surface area contributed by atoms with E-state index in [0.717, 1.165) is 12.4 Å². The van der Waals surface area contributed by atoms with Crippen molar-refractivity contribution in [3.63, 3.8) is 0 Å². The Kier molecular flexibility index (Phi) is 5.14. The molecule has 0 radical (unpaired) electrons. The van der Waals surface area contributed by atoms with Crippen molar-refractivity contribution in [1.29, 1.82) is 0 Å². The molecule has 1 atom stereocenters. The average molecular weight is 213 g/mol. The summed E-state index contributed by atoms with van der Waals surface area (Å²) in [6, 6.07) is 2.21. The van der Waals surface area contributed by atoms with Crippen LogP contribution < -0.4 is 5.32 Å². The van der Waals surface area contributed by atoms with Crippen LogP contribution in [0.3, 0.4) is 0 Å². The molecule has 1 unspecified atom stereocenters. The molecular weight excluding hydrogens is 194 g/mol. The van der Waals surface area contributed by atoms with E-state index in [-0.39, 0.29) is 6.04 Å². The summed E-state index contributed by atoms with van der Waals surface area (Å²) in [7, 11) is 3.37. The smallest absolute Gasteiger partial charge is 0.148 e. The normalized spacial score (nSPS) is 12.7. The van der Waals surface area contributed by atoms with E-state index in [9.17, 15) is 0 Å². The zero-order valence-corrected chi connectivity index (χ0v) is 9.56. The Morgan fingerprint density at radius 2 is 2.27 bits per heavy atom. The minimum absolute atomic E-state index is 0.265. The second-order valence-electron chi connectivity index (χ2n) is 3.46. The zero-order chi connectivity index (χ0) is 11.1. The van der Waals surface area contributed by atoms with Crippen molar-refractivity contribution >= 4 is 5.82 Å². The first kappa shape index (κ1) is 12.0. The molecule has 1 rings (SSSR count). The predicted octanol–water partition coefficient (Wildman–Crippen LogP) is 0.976. The van der Waals surface area contributed by atoms with Gasteiger partial charge in [-0.3, -0.25) is 4.68 Å². The Bertz CT molecular complexity index is 275. The molecule has 0 aromatic carbocycles. The molecule has 5 heteroatoms. The van der Waals surface area contributed by atoms with Crippen molar-refractivity contribution in [3.05, 3.63) is 12.3 Å². The van der Waals surface area contributed by atoms with E-state index in [1.807, 2.05) is 16.9 Å². The van der Waals surface area contributed by atoms with Gasteiger partial charge < -0.3 is 14.8 Å². The lowest BCUT2D eigenvalue weighted by Crippen LogP contribution is -2.21. The van der Waals surface area contributed by atoms with E-state index >= 15 is 0 Å². The third-order valence-electron chi connectivity index (χ3n) is 1.98. The van der Waals surface area contributed by atoms with Gasteiger partial charge in [0, 0.05) is 32.5 Å². The van der Waals surface area contributed by atoms with Crippen LogP contribution in [-0.2, 0) is 16.0 Å². The summed E-state index contributed by atoms with van der Waals surface area (Å²) in [5.41, 5.74) is 0. The largest absolute Gasteiger partial charge is 0.383 e. The van der Waals surface area contributed by atoms with Gasteiger partial charge in [-0.15, -0.1) is 0 Å². The van der Waals surface area contributed by atoms with E-state index in [4.69, 9.17) is 9.47 Å². The number of nitrogens with one attached hydrogen (secondary N) is 1. The van der Waals surface area contributed by atoms with E-state index in [2.05, 4.69) is 17.3 Å². The van der Waals surface area contributed by atoms with E-state index in [0.29, 0.717) is 13.2 Å². The summed E-state index contributed by atoms with van der Waals surface area (Å²) in [5.74, 6) is 0.871. The summed E-state index contributed by atoms with van der Waals surface area (Å²) < 4.78 is 11.9. The Balaban J connectivity index is 2.38. The number of methoxy groups -OCH3 is 2. The fourth-order valence-electron chi connectivity index (χ4n) is 1.29. The number of ether oxygens (including phenoxy) is 2. The molecule has 86 valence electrons. The Morgan fingerprint density at radius 1 is 1.47 bits per heavy atom. The highest BCUT2D eigenvalue weighted by molar-refractivity contribution is 5.33. The maximum Gasteiger partial charge on any atom is 0.148 e. The number of nitrogens with zero attached hydrogens (tertiary/aromatic N) is 2. The summed E-state index contributed by atoms with van der Waals surface area (Å²) in [6.07, 6.45) is 1.93. The highest BCUT2D eigenvalue weighted by Crippen LogP contribution is 2.04. The quantitative estimate of drug-likeness (QED) is 0.733. The minimum Gasteiger partial charge on any atom is -0.383 e. The molecule has 0 aliphatic rings. The standard InChI is InChI=1S/C10H19N3O2/c1-9(8-15-3)11-10-4-5-13(12-10)6-7-14-2/h4-5,9H,6-8H2,1-3H3,(H,11,12). The maximum absolute atomic E-state index is 5.03. The molecule has 0 aliphatic carbocycles. The molecule has 15 heavy (non-hydrogen) atoms. The maximum atomic E-state index is 5.03. The average Bonchev–Trinajstić information content (AvgIpc) is 2.63. The van der Waals surface area contributed by atoms with Gasteiger partial charge in [0.25, 0.3) is 0 Å². The third kappa shape index (κ3) is 4.31. The van der Waals surface area contributed by atoms with Gasteiger partial charge in [0.2, 0.25) is 0 Å². The van der Waals surface area contributed by atoms with Crippen molar-refractivity contribution in [3.8, 4) is 0 Å². The summed E-state index contributed by atoms with van der Waals surface area (Å²) in [4.78, 5) is 0. The molecule has 1 aromatic heterocycles. The molecule has 0 bridgehead atoms. The summed E-state index contributed by atoms with van der Waals surface area (Å²) in [5, 5.41) is 7.58. The van der Waals surface area contributed by atoms with Crippen molar-refractivity contribution in [1.82, 2.24) is 9.78 Å². The number of hydrogen-bond acceptors (Lipinski definition) is 4. The van der Waals surface area contributed by atoms with Crippen LogP contribution in [0.1, 0.15) is 6.92 Å². The lowest BCUT2D eigenvalue weighted by molar-refractivity contribution is 0.183. The fraction of sp³-hybridized carbons (Fsp3) is 0.700. The van der Waals surface area contributed by atoms with Crippen LogP contribution in [0.4, 0.5) is 5.82 Å². The first-order valence-corrected chi connectivity index (χ1v) is 5.04. The highest BCUT2D eigenvalue weighted by Gasteiger charge is 2.03. The molecule has 0 spiro atoms. The first-order chi connectivity index (χ1) is 7.26. The van der Waals surface area contributed by atoms with Crippen LogP contribution in [0, 0.1) is 0 Å². The minimum atomic E-state index is 0.265. The van der Waals surface area contributed by atoms with Gasteiger partial charge in [-0.2, -0.15) is 5.10 Å². The summed E-state index contributed by atoms with van der Waals surface area (Å²) in [6.45, 7) is 4.17. The number of aromatic nitrogens is 2. The molecule has 0 aliphatic heterocycles. The van der Waals surface area contributed by atoms with Gasteiger partial charge in [-0.25, -0.2) is 0 Å². The van der Waals surface area contributed by atoms with Gasteiger partial charge in [-0.05, 0) is 6.92 Å². The molecule has 1 aromatic rings. The predicted molar refractivity (Wildman–Crippen MR) is 59.1 cm³/mol. The first-order valence-electron chi connectivity index (χ1n) is 5.04. The van der Waals surface area contributed by atoms with E-state index < -0.39 is 0 Å². The fourth-order valence-corrected chi connectivity index (χ4v) is 1.29. The number of hydrogen-bond donors (Lipinski definition) is 1. The Labute approximate surface area is 90.4 Å². The van der Waals surface area contributed by atoms with Gasteiger partial charge in [0.15, 0.2) is 0 Å². The van der Waals surface area contributed by atoms with Crippen molar-refractivity contribution in [2.45, 2.75) is 19.5 Å². The molecule has 1 heterocycles. The monoisotopic (exact) mass is 213 g/mol. The lowest BCUT2D eigenvalue weighted by Gasteiger charge is -2.11. The van der Waals surface area contributed by atoms with Gasteiger partial charge in [0.05, 0.1) is 19.8 Å². The van der Waals surface area contributed by atoms with Crippen molar-refractivity contribution < 1.29 is 9.47 Å². The van der Waals surface area contributed by atoms with Crippen LogP contribution in [0.2, 0.25) is 0 Å². The van der Waals surface area contributed by atoms with Crippen LogP contribution in [0.25, 0.3) is 0 Å².